The summed E-state index contributed by atoms with van der Waals surface area (Å²) in [5.74, 6) is -1.03. The van der Waals surface area contributed by atoms with E-state index < -0.39 is 29.7 Å². The van der Waals surface area contributed by atoms with Crippen molar-refractivity contribution in [1.29, 1.82) is 0 Å². The van der Waals surface area contributed by atoms with Crippen LogP contribution in [-0.4, -0.2) is 53.6 Å². The number of carbonyl (C=O) groups is 5. The molecule has 5 amide bonds. The summed E-state index contributed by atoms with van der Waals surface area (Å²) in [6.07, 6.45) is 4.78. The molecular formula is C33H34N4O5. The van der Waals surface area contributed by atoms with Crippen molar-refractivity contribution in [2.24, 2.45) is 11.8 Å². The van der Waals surface area contributed by atoms with Crippen molar-refractivity contribution in [3.63, 3.8) is 0 Å². The summed E-state index contributed by atoms with van der Waals surface area (Å²) in [4.78, 5) is 63.4. The molecule has 1 unspecified atom stereocenters. The van der Waals surface area contributed by atoms with Crippen LogP contribution in [0.3, 0.4) is 0 Å². The average Bonchev–Trinajstić information content (AvgIpc) is 3.24. The molecule has 0 aromatic heterocycles. The number of hydrogen-bond acceptors (Lipinski definition) is 6. The first-order chi connectivity index (χ1) is 20.4. The van der Waals surface area contributed by atoms with Gasteiger partial charge in [-0.3, -0.25) is 34.2 Å². The van der Waals surface area contributed by atoms with Crippen molar-refractivity contribution in [2.75, 3.05) is 18.4 Å². The lowest BCUT2D eigenvalue weighted by Gasteiger charge is -2.29. The first-order valence-electron chi connectivity index (χ1n) is 14.7. The maximum atomic E-state index is 13.1. The molecule has 9 nitrogen and oxygen atoms in total. The largest absolute Gasteiger partial charge is 0.385 e. The standard InChI is InChI=1S/C33H34N4O5/c38-29-15-14-28(31(40)36-29)37-32(41)26-13-12-24(17-27(26)33(37)42)34-18-20-8-10-21(11-9-20)19-35-30(39)16-23-6-3-5-22-4-1-2-7-25(22)23/h1-7,12-13,17,20-21,28,34H,8-11,14-16,18-19H2,(H,35,39)(H,36,38,40). The molecule has 1 saturated carbocycles. The van der Waals surface area contributed by atoms with Crippen LogP contribution in [0.4, 0.5) is 5.69 Å². The predicted octanol–water partition coefficient (Wildman–Crippen LogP) is 3.82. The second kappa shape index (κ2) is 11.8. The molecule has 6 rings (SSSR count). The fourth-order valence-corrected chi connectivity index (χ4v) is 6.42. The number of piperidine rings is 1. The summed E-state index contributed by atoms with van der Waals surface area (Å²) in [6.45, 7) is 1.44. The molecule has 3 aliphatic rings. The quantitative estimate of drug-likeness (QED) is 0.356. The highest BCUT2D eigenvalue weighted by Crippen LogP contribution is 2.31. The van der Waals surface area contributed by atoms with Crippen LogP contribution in [0.15, 0.2) is 60.7 Å². The third kappa shape index (κ3) is 5.64. The van der Waals surface area contributed by atoms with Crippen LogP contribution >= 0.6 is 0 Å². The van der Waals surface area contributed by atoms with Gasteiger partial charge in [-0.2, -0.15) is 0 Å². The van der Waals surface area contributed by atoms with E-state index >= 15 is 0 Å². The van der Waals surface area contributed by atoms with Crippen molar-refractivity contribution in [2.45, 2.75) is 51.0 Å². The Kier molecular flexibility index (Phi) is 7.73. The van der Waals surface area contributed by atoms with Gasteiger partial charge in [-0.15, -0.1) is 0 Å². The Balaban J connectivity index is 0.965. The van der Waals surface area contributed by atoms with Gasteiger partial charge < -0.3 is 10.6 Å². The van der Waals surface area contributed by atoms with E-state index in [2.05, 4.69) is 34.1 Å². The van der Waals surface area contributed by atoms with Crippen molar-refractivity contribution in [1.82, 2.24) is 15.5 Å². The highest BCUT2D eigenvalue weighted by molar-refractivity contribution is 6.23. The summed E-state index contributed by atoms with van der Waals surface area (Å²) in [7, 11) is 0. The third-order valence-electron chi connectivity index (χ3n) is 8.82. The molecule has 9 heteroatoms. The number of anilines is 1. The molecule has 2 aliphatic heterocycles. The first-order valence-corrected chi connectivity index (χ1v) is 14.7. The van der Waals surface area contributed by atoms with E-state index in [0.717, 1.165) is 59.2 Å². The van der Waals surface area contributed by atoms with Crippen LogP contribution < -0.4 is 16.0 Å². The molecule has 2 heterocycles. The zero-order valence-electron chi connectivity index (χ0n) is 23.4. The van der Waals surface area contributed by atoms with Crippen LogP contribution in [0.2, 0.25) is 0 Å². The Hall–Kier alpha value is -4.53. The van der Waals surface area contributed by atoms with E-state index in [1.165, 1.54) is 0 Å². The minimum Gasteiger partial charge on any atom is -0.385 e. The summed E-state index contributed by atoms with van der Waals surface area (Å²) in [5, 5.41) is 11.0. The van der Waals surface area contributed by atoms with Crippen LogP contribution in [0, 0.1) is 11.8 Å². The number of nitrogens with zero attached hydrogens (tertiary/aromatic N) is 1. The van der Waals surface area contributed by atoms with E-state index in [9.17, 15) is 24.0 Å². The second-order valence-electron chi connectivity index (χ2n) is 11.6. The first kappa shape index (κ1) is 27.6. The number of nitrogens with one attached hydrogen (secondary N) is 3. The van der Waals surface area contributed by atoms with Gasteiger partial charge in [-0.1, -0.05) is 42.5 Å². The third-order valence-corrected chi connectivity index (χ3v) is 8.82. The summed E-state index contributed by atoms with van der Waals surface area (Å²) in [5.41, 5.74) is 2.35. The van der Waals surface area contributed by atoms with Gasteiger partial charge in [-0.05, 0) is 78.5 Å². The van der Waals surface area contributed by atoms with Gasteiger partial charge in [0.15, 0.2) is 0 Å². The van der Waals surface area contributed by atoms with E-state index in [1.807, 2.05) is 24.3 Å². The number of rotatable bonds is 8. The molecule has 0 spiro atoms. The fourth-order valence-electron chi connectivity index (χ4n) is 6.42. The number of fused-ring (bicyclic) bond motifs is 2. The maximum absolute atomic E-state index is 13.1. The van der Waals surface area contributed by atoms with Crippen molar-refractivity contribution >= 4 is 46.0 Å². The molecule has 3 aromatic rings. The van der Waals surface area contributed by atoms with E-state index in [1.54, 1.807) is 18.2 Å². The summed E-state index contributed by atoms with van der Waals surface area (Å²) < 4.78 is 0. The van der Waals surface area contributed by atoms with E-state index in [-0.39, 0.29) is 29.9 Å². The molecule has 3 N–H and O–H groups in total. The highest BCUT2D eigenvalue weighted by atomic mass is 16.2. The van der Waals surface area contributed by atoms with Gasteiger partial charge >= 0.3 is 0 Å². The normalized spacial score (nSPS) is 22.2. The summed E-state index contributed by atoms with van der Waals surface area (Å²) >= 11 is 0. The Morgan fingerprint density at radius 2 is 1.52 bits per heavy atom. The lowest BCUT2D eigenvalue weighted by Crippen LogP contribution is -2.54. The zero-order valence-corrected chi connectivity index (χ0v) is 23.4. The Labute approximate surface area is 244 Å². The molecule has 2 fully saturated rings. The van der Waals surface area contributed by atoms with Gasteiger partial charge in [0, 0.05) is 25.2 Å². The molecule has 1 atom stereocenters. The Morgan fingerprint density at radius 3 is 2.31 bits per heavy atom. The summed E-state index contributed by atoms with van der Waals surface area (Å²) in [6, 6.07) is 18.3. The van der Waals surface area contributed by atoms with Gasteiger partial charge in [0.05, 0.1) is 17.5 Å². The van der Waals surface area contributed by atoms with Gasteiger partial charge in [0.2, 0.25) is 17.7 Å². The average molecular weight is 567 g/mol. The van der Waals surface area contributed by atoms with Gasteiger partial charge in [-0.25, -0.2) is 0 Å². The molecule has 1 aliphatic carbocycles. The van der Waals surface area contributed by atoms with Crippen LogP contribution in [-0.2, 0) is 20.8 Å². The number of benzene rings is 3. The maximum Gasteiger partial charge on any atom is 0.262 e. The molecule has 3 aromatic carbocycles. The second-order valence-corrected chi connectivity index (χ2v) is 11.6. The molecular weight excluding hydrogens is 532 g/mol. The van der Waals surface area contributed by atoms with E-state index in [4.69, 9.17) is 0 Å². The number of amides is 5. The monoisotopic (exact) mass is 566 g/mol. The fraction of sp³-hybridized carbons (Fsp3) is 0.364. The van der Waals surface area contributed by atoms with Crippen molar-refractivity contribution in [3.8, 4) is 0 Å². The van der Waals surface area contributed by atoms with Crippen LogP contribution in [0.5, 0.6) is 0 Å². The minimum atomic E-state index is -0.968. The molecule has 0 bridgehead atoms. The highest BCUT2D eigenvalue weighted by Gasteiger charge is 2.44. The van der Waals surface area contributed by atoms with Crippen molar-refractivity contribution in [3.05, 3.63) is 77.4 Å². The van der Waals surface area contributed by atoms with Crippen LogP contribution in [0.25, 0.3) is 10.8 Å². The Morgan fingerprint density at radius 1 is 0.810 bits per heavy atom. The molecule has 216 valence electrons. The van der Waals surface area contributed by atoms with Gasteiger partial charge in [0.25, 0.3) is 11.8 Å². The topological polar surface area (TPSA) is 125 Å². The lowest BCUT2D eigenvalue weighted by atomic mass is 9.82. The molecule has 1 saturated heterocycles. The molecule has 42 heavy (non-hydrogen) atoms. The predicted molar refractivity (Wildman–Crippen MR) is 158 cm³/mol. The number of carbonyl (C=O) groups excluding carboxylic acids is 5. The number of hydrogen-bond donors (Lipinski definition) is 3. The SMILES string of the molecule is O=C(Cc1cccc2ccccc12)NCC1CCC(CNc2ccc3c(c2)C(=O)N(C2CCC(=O)NC2=O)C3=O)CC1. The Bertz CT molecular complexity index is 1570. The van der Waals surface area contributed by atoms with Crippen molar-refractivity contribution < 1.29 is 24.0 Å². The zero-order chi connectivity index (χ0) is 29.2. The number of imide groups is 2. The van der Waals surface area contributed by atoms with Crippen LogP contribution in [0.1, 0.15) is 64.8 Å². The molecule has 0 radical (unpaired) electrons. The smallest absolute Gasteiger partial charge is 0.262 e. The van der Waals surface area contributed by atoms with Gasteiger partial charge in [0.1, 0.15) is 6.04 Å². The lowest BCUT2D eigenvalue weighted by molar-refractivity contribution is -0.136. The van der Waals surface area contributed by atoms with E-state index in [0.29, 0.717) is 24.8 Å². The minimum absolute atomic E-state index is 0.0518.